The summed E-state index contributed by atoms with van der Waals surface area (Å²) < 4.78 is 17.1. The first-order valence-corrected chi connectivity index (χ1v) is 13.7. The van der Waals surface area contributed by atoms with Gasteiger partial charge in [-0.15, -0.1) is 0 Å². The van der Waals surface area contributed by atoms with Crippen molar-refractivity contribution < 1.29 is 23.8 Å². The third-order valence-electron chi connectivity index (χ3n) is 6.35. The normalized spacial score (nSPS) is 10.8. The number of nitrogens with one attached hydrogen (secondary N) is 2. The van der Waals surface area contributed by atoms with E-state index < -0.39 is 0 Å². The van der Waals surface area contributed by atoms with E-state index >= 15 is 0 Å². The first-order valence-electron chi connectivity index (χ1n) is 13.7. The highest BCUT2D eigenvalue weighted by molar-refractivity contribution is 5.92. The lowest BCUT2D eigenvalue weighted by Gasteiger charge is -2.11. The predicted octanol–water partition coefficient (Wildman–Crippen LogP) is 7.76. The van der Waals surface area contributed by atoms with E-state index in [1.807, 2.05) is 48.5 Å². The molecular weight excluding hydrogens is 516 g/mol. The Morgan fingerprint density at radius 2 is 0.829 bits per heavy atom. The Morgan fingerprint density at radius 3 is 1.15 bits per heavy atom. The summed E-state index contributed by atoms with van der Waals surface area (Å²) in [4.78, 5) is 24.6. The van der Waals surface area contributed by atoms with Gasteiger partial charge in [0.15, 0.2) is 13.2 Å². The first kappa shape index (κ1) is 29.2. The highest BCUT2D eigenvalue weighted by atomic mass is 16.5. The van der Waals surface area contributed by atoms with Crippen LogP contribution in [-0.4, -0.2) is 25.0 Å². The minimum absolute atomic E-state index is 0.0836. The lowest BCUT2D eigenvalue weighted by atomic mass is 10.0. The summed E-state index contributed by atoms with van der Waals surface area (Å²) in [7, 11) is 0. The summed E-state index contributed by atoms with van der Waals surface area (Å²) in [6.07, 6.45) is 0. The molecule has 4 aromatic carbocycles. The van der Waals surface area contributed by atoms with Crippen LogP contribution in [0.1, 0.15) is 50.7 Å². The van der Waals surface area contributed by atoms with Gasteiger partial charge < -0.3 is 24.8 Å². The van der Waals surface area contributed by atoms with Gasteiger partial charge in [0.2, 0.25) is 0 Å². The zero-order chi connectivity index (χ0) is 29.2. The fourth-order valence-corrected chi connectivity index (χ4v) is 3.94. The summed E-state index contributed by atoms with van der Waals surface area (Å²) in [5.41, 5.74) is 3.71. The van der Waals surface area contributed by atoms with Gasteiger partial charge in [-0.25, -0.2) is 0 Å². The molecule has 0 spiro atoms. The van der Waals surface area contributed by atoms with Crippen molar-refractivity contribution in [1.29, 1.82) is 0 Å². The van der Waals surface area contributed by atoms with Crippen molar-refractivity contribution in [2.45, 2.75) is 39.5 Å². The third-order valence-corrected chi connectivity index (χ3v) is 6.35. The molecule has 0 saturated carbocycles. The molecule has 0 bridgehead atoms. The Morgan fingerprint density at radius 1 is 0.512 bits per heavy atom. The SMILES string of the molecule is CC(C)c1ccc(OCC(=O)Nc2ccc(Oc3ccc(NC(=O)COc4ccc(C(C)C)cc4)cc3)cc2)cc1. The number of ether oxygens (including phenoxy) is 3. The van der Waals surface area contributed by atoms with E-state index in [9.17, 15) is 9.59 Å². The molecular formula is C34H36N2O5. The van der Waals surface area contributed by atoms with E-state index in [1.54, 1.807) is 48.5 Å². The summed E-state index contributed by atoms with van der Waals surface area (Å²) >= 11 is 0. The van der Waals surface area contributed by atoms with Gasteiger partial charge in [0, 0.05) is 11.4 Å². The average molecular weight is 553 g/mol. The lowest BCUT2D eigenvalue weighted by molar-refractivity contribution is -0.118. The van der Waals surface area contributed by atoms with E-state index in [1.165, 1.54) is 11.1 Å². The number of hydrogen-bond donors (Lipinski definition) is 2. The molecule has 0 aliphatic carbocycles. The quantitative estimate of drug-likeness (QED) is 0.188. The molecule has 0 aliphatic rings. The maximum atomic E-state index is 12.3. The van der Waals surface area contributed by atoms with Crippen LogP contribution in [0.25, 0.3) is 0 Å². The van der Waals surface area contributed by atoms with Crippen molar-refractivity contribution in [3.05, 3.63) is 108 Å². The molecule has 4 rings (SSSR count). The Labute approximate surface area is 241 Å². The molecule has 0 aliphatic heterocycles. The van der Waals surface area contributed by atoms with Crippen LogP contribution in [0.5, 0.6) is 23.0 Å². The van der Waals surface area contributed by atoms with Crippen molar-refractivity contribution in [1.82, 2.24) is 0 Å². The van der Waals surface area contributed by atoms with E-state index in [0.29, 0.717) is 46.2 Å². The number of amides is 2. The number of benzene rings is 4. The Hall–Kier alpha value is -4.78. The van der Waals surface area contributed by atoms with Gasteiger partial charge >= 0.3 is 0 Å². The second kappa shape index (κ2) is 14.0. The molecule has 0 saturated heterocycles. The van der Waals surface area contributed by atoms with Crippen LogP contribution in [-0.2, 0) is 9.59 Å². The molecule has 0 fully saturated rings. The fraction of sp³-hybridized carbons (Fsp3) is 0.235. The lowest BCUT2D eigenvalue weighted by Crippen LogP contribution is -2.20. The van der Waals surface area contributed by atoms with E-state index in [-0.39, 0.29) is 25.0 Å². The van der Waals surface area contributed by atoms with E-state index in [2.05, 4.69) is 38.3 Å². The van der Waals surface area contributed by atoms with Gasteiger partial charge in [-0.3, -0.25) is 9.59 Å². The van der Waals surface area contributed by atoms with Crippen LogP contribution < -0.4 is 24.8 Å². The smallest absolute Gasteiger partial charge is 0.262 e. The number of hydrogen-bond acceptors (Lipinski definition) is 5. The third kappa shape index (κ3) is 9.14. The number of anilines is 2. The topological polar surface area (TPSA) is 85.9 Å². The Balaban J connectivity index is 1.19. The molecule has 2 amide bonds. The summed E-state index contributed by atoms with van der Waals surface area (Å²) in [5.74, 6) is 2.90. The van der Waals surface area contributed by atoms with E-state index in [0.717, 1.165) is 0 Å². The van der Waals surface area contributed by atoms with Crippen LogP contribution >= 0.6 is 0 Å². The van der Waals surface area contributed by atoms with Crippen molar-refractivity contribution >= 4 is 23.2 Å². The van der Waals surface area contributed by atoms with Crippen LogP contribution in [0.4, 0.5) is 11.4 Å². The van der Waals surface area contributed by atoms with Crippen LogP contribution in [0.2, 0.25) is 0 Å². The largest absolute Gasteiger partial charge is 0.484 e. The first-order chi connectivity index (χ1) is 19.7. The molecule has 212 valence electrons. The van der Waals surface area contributed by atoms with Gasteiger partial charge in [0.1, 0.15) is 23.0 Å². The monoisotopic (exact) mass is 552 g/mol. The Kier molecular flexibility index (Phi) is 9.99. The number of carbonyl (C=O) groups is 2. The van der Waals surface area contributed by atoms with Gasteiger partial charge in [-0.2, -0.15) is 0 Å². The maximum absolute atomic E-state index is 12.3. The molecule has 41 heavy (non-hydrogen) atoms. The van der Waals surface area contributed by atoms with Gasteiger partial charge in [-0.05, 0) is 95.8 Å². The minimum atomic E-state index is -0.251. The summed E-state index contributed by atoms with van der Waals surface area (Å²) in [6.45, 7) is 8.35. The summed E-state index contributed by atoms with van der Waals surface area (Å²) in [6, 6.07) is 29.6. The molecule has 2 N–H and O–H groups in total. The zero-order valence-corrected chi connectivity index (χ0v) is 23.8. The van der Waals surface area contributed by atoms with Gasteiger partial charge in [0.25, 0.3) is 11.8 Å². The standard InChI is InChI=1S/C34H36N2O5/c1-23(2)25-5-13-29(14-6-25)39-21-33(37)35-27-9-17-31(18-10-27)41-32-19-11-28(12-20-32)36-34(38)22-40-30-15-7-26(8-16-30)24(3)4/h5-20,23-24H,21-22H2,1-4H3,(H,35,37)(H,36,38). The van der Waals surface area contributed by atoms with Crippen LogP contribution in [0, 0.1) is 0 Å². The number of rotatable bonds is 12. The van der Waals surface area contributed by atoms with Gasteiger partial charge in [0.05, 0.1) is 0 Å². The van der Waals surface area contributed by atoms with Crippen molar-refractivity contribution in [2.75, 3.05) is 23.8 Å². The molecule has 0 aromatic heterocycles. The van der Waals surface area contributed by atoms with Crippen molar-refractivity contribution in [3.8, 4) is 23.0 Å². The predicted molar refractivity (Wildman–Crippen MR) is 162 cm³/mol. The zero-order valence-electron chi connectivity index (χ0n) is 23.8. The Bertz CT molecular complexity index is 1300. The van der Waals surface area contributed by atoms with E-state index in [4.69, 9.17) is 14.2 Å². The van der Waals surface area contributed by atoms with Crippen molar-refractivity contribution in [2.24, 2.45) is 0 Å². The second-order valence-electron chi connectivity index (χ2n) is 10.3. The highest BCUT2D eigenvalue weighted by Crippen LogP contribution is 2.25. The van der Waals surface area contributed by atoms with Crippen molar-refractivity contribution in [3.63, 3.8) is 0 Å². The molecule has 0 unspecified atom stereocenters. The minimum Gasteiger partial charge on any atom is -0.484 e. The molecule has 7 nitrogen and oxygen atoms in total. The molecule has 4 aromatic rings. The molecule has 7 heteroatoms. The molecule has 0 radical (unpaired) electrons. The second-order valence-corrected chi connectivity index (χ2v) is 10.3. The molecule has 0 atom stereocenters. The summed E-state index contributed by atoms with van der Waals surface area (Å²) in [5, 5.41) is 5.63. The van der Waals surface area contributed by atoms with Crippen LogP contribution in [0.15, 0.2) is 97.1 Å². The van der Waals surface area contributed by atoms with Gasteiger partial charge in [-0.1, -0.05) is 52.0 Å². The maximum Gasteiger partial charge on any atom is 0.262 e. The fourth-order valence-electron chi connectivity index (χ4n) is 3.94. The van der Waals surface area contributed by atoms with Crippen LogP contribution in [0.3, 0.4) is 0 Å². The highest BCUT2D eigenvalue weighted by Gasteiger charge is 2.08. The number of carbonyl (C=O) groups excluding carboxylic acids is 2. The molecule has 0 heterocycles. The average Bonchev–Trinajstić information content (AvgIpc) is 2.97.